The van der Waals surface area contributed by atoms with E-state index in [0.29, 0.717) is 30.2 Å². The minimum Gasteiger partial charge on any atom is -0.354 e. The first kappa shape index (κ1) is 34.2. The minimum atomic E-state index is -0.949. The van der Waals surface area contributed by atoms with Gasteiger partial charge in [0.15, 0.2) is 10.8 Å². The molecule has 4 N–H and O–H groups in total. The van der Waals surface area contributed by atoms with Crippen molar-refractivity contribution in [2.24, 2.45) is 5.92 Å². The number of nitrogens with zero attached hydrogens (tertiary/aromatic N) is 4. The highest BCUT2D eigenvalue weighted by Gasteiger charge is 2.29. The fourth-order valence-corrected chi connectivity index (χ4v) is 5.64. The quantitative estimate of drug-likeness (QED) is 0.323. The number of hydrogen-bond donors (Lipinski definition) is 4. The first-order valence-corrected chi connectivity index (χ1v) is 16.2. The van der Waals surface area contributed by atoms with Crippen LogP contribution in [0, 0.1) is 5.92 Å². The van der Waals surface area contributed by atoms with Gasteiger partial charge in [0.2, 0.25) is 23.6 Å². The average Bonchev–Trinajstić information content (AvgIpc) is 3.54. The lowest BCUT2D eigenvalue weighted by Crippen LogP contribution is -2.57. The average molecular weight is 649 g/mol. The Labute approximate surface area is 272 Å². The van der Waals surface area contributed by atoms with Crippen molar-refractivity contribution >= 4 is 40.9 Å². The molecule has 1 aromatic carbocycles. The van der Waals surface area contributed by atoms with Crippen molar-refractivity contribution in [2.75, 3.05) is 19.6 Å². The number of thiazole rings is 1. The maximum atomic E-state index is 13.6. The molecule has 1 saturated heterocycles. The third kappa shape index (κ3) is 9.64. The van der Waals surface area contributed by atoms with Gasteiger partial charge in [0.25, 0.3) is 5.91 Å². The standard InChI is InChI=1S/C32H40N8O5S/c1-20(2)26-30(44)35-15-9-17-40(32(45)24-19-46-31(38-24)27-33-13-8-14-34-27)16-7-12-25(41)37-23(18-22-10-5-4-6-11-22)29(43)36-21(3)28(42)39-26/h4-6,8,10-11,13-14,19-21,23,26H,7,9,12,15-18H2,1-3H3,(H,35,44)(H,36,43)(H,37,41)(H,39,42)/t21-,23+,26-/m1/s1. The van der Waals surface area contributed by atoms with Gasteiger partial charge in [0, 0.05) is 50.2 Å². The molecular formula is C32H40N8O5S. The van der Waals surface area contributed by atoms with E-state index in [1.165, 1.54) is 18.3 Å². The van der Waals surface area contributed by atoms with Crippen LogP contribution in [0.5, 0.6) is 0 Å². The Bertz CT molecular complexity index is 1500. The molecule has 4 rings (SSSR count). The maximum absolute atomic E-state index is 13.6. The van der Waals surface area contributed by atoms with Crippen LogP contribution in [-0.2, 0) is 25.6 Å². The number of carbonyl (C=O) groups is 5. The molecule has 0 unspecified atom stereocenters. The third-order valence-electron chi connectivity index (χ3n) is 7.44. The van der Waals surface area contributed by atoms with E-state index in [1.54, 1.807) is 28.7 Å². The summed E-state index contributed by atoms with van der Waals surface area (Å²) in [6.07, 6.45) is 4.24. The fraction of sp³-hybridized carbons (Fsp3) is 0.438. The summed E-state index contributed by atoms with van der Waals surface area (Å²) in [6.45, 7) is 5.97. The van der Waals surface area contributed by atoms with Crippen molar-refractivity contribution in [1.82, 2.24) is 41.1 Å². The van der Waals surface area contributed by atoms with Crippen molar-refractivity contribution in [3.63, 3.8) is 0 Å². The van der Waals surface area contributed by atoms with E-state index in [4.69, 9.17) is 0 Å². The lowest BCUT2D eigenvalue weighted by molar-refractivity contribution is -0.134. The van der Waals surface area contributed by atoms with Crippen LogP contribution in [0.1, 0.15) is 56.1 Å². The molecule has 0 spiro atoms. The monoisotopic (exact) mass is 648 g/mol. The summed E-state index contributed by atoms with van der Waals surface area (Å²) in [5.74, 6) is -1.89. The van der Waals surface area contributed by atoms with Crippen LogP contribution in [0.25, 0.3) is 10.8 Å². The molecule has 1 aliphatic heterocycles. The van der Waals surface area contributed by atoms with Crippen molar-refractivity contribution in [2.45, 2.75) is 64.6 Å². The molecule has 1 fully saturated rings. The predicted molar refractivity (Wildman–Crippen MR) is 172 cm³/mol. The molecule has 0 aliphatic carbocycles. The first-order chi connectivity index (χ1) is 22.1. The summed E-state index contributed by atoms with van der Waals surface area (Å²) in [4.78, 5) is 80.5. The van der Waals surface area contributed by atoms with Gasteiger partial charge < -0.3 is 26.2 Å². The summed E-state index contributed by atoms with van der Waals surface area (Å²) in [5.41, 5.74) is 1.07. The van der Waals surface area contributed by atoms with Gasteiger partial charge in [-0.25, -0.2) is 15.0 Å². The number of aromatic nitrogens is 3. The van der Waals surface area contributed by atoms with Crippen molar-refractivity contribution in [3.05, 3.63) is 65.4 Å². The fourth-order valence-electron chi connectivity index (χ4n) is 4.90. The lowest BCUT2D eigenvalue weighted by atomic mass is 10.0. The summed E-state index contributed by atoms with van der Waals surface area (Å²) in [5, 5.41) is 13.3. The van der Waals surface area contributed by atoms with Gasteiger partial charge in [-0.2, -0.15) is 0 Å². The number of carbonyl (C=O) groups excluding carboxylic acids is 5. The van der Waals surface area contributed by atoms with Gasteiger partial charge in [0.1, 0.15) is 23.8 Å². The number of benzene rings is 1. The van der Waals surface area contributed by atoms with Gasteiger partial charge in [0.05, 0.1) is 0 Å². The SMILES string of the molecule is CC(C)[C@H]1NC(=O)[C@@H](C)NC(=O)[C@H](Cc2ccccc2)NC(=O)CCCN(C(=O)c2csc(-c3ncccn3)n2)CCCNC1=O. The van der Waals surface area contributed by atoms with Crippen LogP contribution in [0.4, 0.5) is 0 Å². The van der Waals surface area contributed by atoms with Gasteiger partial charge in [-0.15, -0.1) is 11.3 Å². The number of rotatable bonds is 5. The van der Waals surface area contributed by atoms with E-state index in [0.717, 1.165) is 5.56 Å². The zero-order valence-corrected chi connectivity index (χ0v) is 27.0. The molecule has 1 aliphatic rings. The zero-order valence-electron chi connectivity index (χ0n) is 26.2. The first-order valence-electron chi connectivity index (χ1n) is 15.4. The molecule has 5 amide bonds. The van der Waals surface area contributed by atoms with E-state index < -0.39 is 29.9 Å². The molecule has 3 heterocycles. The Morgan fingerprint density at radius 3 is 2.37 bits per heavy atom. The molecule has 14 heteroatoms. The van der Waals surface area contributed by atoms with Crippen LogP contribution in [-0.4, -0.2) is 87.1 Å². The molecule has 46 heavy (non-hydrogen) atoms. The van der Waals surface area contributed by atoms with Crippen molar-refractivity contribution < 1.29 is 24.0 Å². The molecule has 13 nitrogen and oxygen atoms in total. The predicted octanol–water partition coefficient (Wildman–Crippen LogP) is 1.72. The molecule has 0 saturated carbocycles. The molecule has 0 radical (unpaired) electrons. The second-order valence-electron chi connectivity index (χ2n) is 11.4. The highest BCUT2D eigenvalue weighted by atomic mass is 32.1. The van der Waals surface area contributed by atoms with Gasteiger partial charge >= 0.3 is 0 Å². The molecule has 2 aromatic heterocycles. The minimum absolute atomic E-state index is 0.0609. The van der Waals surface area contributed by atoms with Crippen LogP contribution >= 0.6 is 11.3 Å². The van der Waals surface area contributed by atoms with Crippen LogP contribution in [0.3, 0.4) is 0 Å². The second kappa shape index (κ2) is 16.5. The van der Waals surface area contributed by atoms with E-state index >= 15 is 0 Å². The topological polar surface area (TPSA) is 175 Å². The molecule has 3 aromatic rings. The summed E-state index contributed by atoms with van der Waals surface area (Å²) < 4.78 is 0. The number of nitrogens with one attached hydrogen (secondary N) is 4. The maximum Gasteiger partial charge on any atom is 0.273 e. The van der Waals surface area contributed by atoms with E-state index in [2.05, 4.69) is 36.2 Å². The number of hydrogen-bond acceptors (Lipinski definition) is 9. The molecular weight excluding hydrogens is 608 g/mol. The Hall–Kier alpha value is -4.72. The smallest absolute Gasteiger partial charge is 0.273 e. The van der Waals surface area contributed by atoms with Crippen LogP contribution in [0.2, 0.25) is 0 Å². The largest absolute Gasteiger partial charge is 0.354 e. The Balaban J connectivity index is 1.53. The lowest BCUT2D eigenvalue weighted by Gasteiger charge is -2.26. The summed E-state index contributed by atoms with van der Waals surface area (Å²) in [7, 11) is 0. The highest BCUT2D eigenvalue weighted by Crippen LogP contribution is 2.21. The normalized spacial score (nSPS) is 21.0. The van der Waals surface area contributed by atoms with Crippen molar-refractivity contribution in [1.29, 1.82) is 0 Å². The molecule has 0 bridgehead atoms. The van der Waals surface area contributed by atoms with Crippen molar-refractivity contribution in [3.8, 4) is 10.8 Å². The Kier molecular flexibility index (Phi) is 12.3. The van der Waals surface area contributed by atoms with E-state index in [1.807, 2.05) is 44.2 Å². The van der Waals surface area contributed by atoms with Crippen LogP contribution < -0.4 is 21.3 Å². The van der Waals surface area contributed by atoms with Gasteiger partial charge in [-0.05, 0) is 37.3 Å². The highest BCUT2D eigenvalue weighted by molar-refractivity contribution is 7.13. The van der Waals surface area contributed by atoms with Gasteiger partial charge in [-0.1, -0.05) is 44.2 Å². The molecule has 3 atom stereocenters. The second-order valence-corrected chi connectivity index (χ2v) is 12.3. The Morgan fingerprint density at radius 2 is 1.65 bits per heavy atom. The Morgan fingerprint density at radius 1 is 0.935 bits per heavy atom. The molecule has 244 valence electrons. The number of amides is 5. The third-order valence-corrected chi connectivity index (χ3v) is 8.28. The van der Waals surface area contributed by atoms with Gasteiger partial charge in [-0.3, -0.25) is 24.0 Å². The van der Waals surface area contributed by atoms with Crippen LogP contribution in [0.15, 0.2) is 54.2 Å². The van der Waals surface area contributed by atoms with E-state index in [-0.39, 0.29) is 55.3 Å². The van der Waals surface area contributed by atoms with E-state index in [9.17, 15) is 24.0 Å². The zero-order chi connectivity index (χ0) is 33.1. The summed E-state index contributed by atoms with van der Waals surface area (Å²) >= 11 is 1.26. The summed E-state index contributed by atoms with van der Waals surface area (Å²) in [6, 6.07) is 8.20.